The molecule has 0 aliphatic heterocycles. The summed E-state index contributed by atoms with van der Waals surface area (Å²) in [7, 11) is 1.84. The SMILES string of the molecule is CCC(C(=O)O)N(C)CCCCC(C)(C)C#N. The van der Waals surface area contributed by atoms with Crippen molar-refractivity contribution in [2.75, 3.05) is 13.6 Å². The Hall–Kier alpha value is -1.08. The highest BCUT2D eigenvalue weighted by atomic mass is 16.4. The van der Waals surface area contributed by atoms with E-state index in [1.165, 1.54) is 0 Å². The third-order valence-electron chi connectivity index (χ3n) is 3.07. The van der Waals surface area contributed by atoms with Crippen LogP contribution in [0.15, 0.2) is 0 Å². The molecule has 0 bridgehead atoms. The highest BCUT2D eigenvalue weighted by Crippen LogP contribution is 2.21. The molecule has 0 aromatic carbocycles. The molecule has 1 unspecified atom stereocenters. The van der Waals surface area contributed by atoms with Crippen molar-refractivity contribution in [2.24, 2.45) is 5.41 Å². The summed E-state index contributed by atoms with van der Waals surface area (Å²) in [6.45, 7) is 6.52. The highest BCUT2D eigenvalue weighted by Gasteiger charge is 2.20. The zero-order chi connectivity index (χ0) is 13.5. The monoisotopic (exact) mass is 240 g/mol. The van der Waals surface area contributed by atoms with E-state index in [4.69, 9.17) is 10.4 Å². The van der Waals surface area contributed by atoms with Gasteiger partial charge in [0.2, 0.25) is 0 Å². The normalized spacial score (nSPS) is 13.4. The van der Waals surface area contributed by atoms with E-state index >= 15 is 0 Å². The fourth-order valence-electron chi connectivity index (χ4n) is 1.81. The van der Waals surface area contributed by atoms with Gasteiger partial charge in [0.15, 0.2) is 0 Å². The van der Waals surface area contributed by atoms with Crippen LogP contribution >= 0.6 is 0 Å². The lowest BCUT2D eigenvalue weighted by Crippen LogP contribution is -2.38. The molecular formula is C13H24N2O2. The first-order valence-corrected chi connectivity index (χ1v) is 6.18. The molecule has 0 radical (unpaired) electrons. The summed E-state index contributed by atoms with van der Waals surface area (Å²) in [4.78, 5) is 12.8. The van der Waals surface area contributed by atoms with Crippen LogP contribution in [-0.4, -0.2) is 35.6 Å². The number of unbranched alkanes of at least 4 members (excludes halogenated alkanes) is 1. The molecule has 1 N–H and O–H groups in total. The molecule has 0 amide bonds. The molecule has 4 heteroatoms. The molecule has 0 aliphatic carbocycles. The van der Waals surface area contributed by atoms with E-state index in [1.807, 2.05) is 32.7 Å². The van der Waals surface area contributed by atoms with Crippen molar-refractivity contribution in [1.29, 1.82) is 5.26 Å². The van der Waals surface area contributed by atoms with Gasteiger partial charge in [0.25, 0.3) is 0 Å². The summed E-state index contributed by atoms with van der Waals surface area (Å²) in [5, 5.41) is 17.8. The maximum atomic E-state index is 10.9. The Morgan fingerprint density at radius 3 is 2.47 bits per heavy atom. The molecule has 0 aromatic rings. The lowest BCUT2D eigenvalue weighted by atomic mass is 9.89. The smallest absolute Gasteiger partial charge is 0.320 e. The van der Waals surface area contributed by atoms with Crippen molar-refractivity contribution in [3.8, 4) is 6.07 Å². The number of hydrogen-bond acceptors (Lipinski definition) is 3. The largest absolute Gasteiger partial charge is 0.480 e. The third-order valence-corrected chi connectivity index (χ3v) is 3.07. The Labute approximate surface area is 104 Å². The number of rotatable bonds is 8. The van der Waals surface area contributed by atoms with Gasteiger partial charge in [-0.25, -0.2) is 0 Å². The van der Waals surface area contributed by atoms with Crippen LogP contribution in [0, 0.1) is 16.7 Å². The molecule has 98 valence electrons. The zero-order valence-electron chi connectivity index (χ0n) is 11.4. The predicted octanol–water partition coefficient (Wildman–Crippen LogP) is 2.50. The number of hydrogen-bond donors (Lipinski definition) is 1. The number of nitrogens with zero attached hydrogens (tertiary/aromatic N) is 2. The second-order valence-electron chi connectivity index (χ2n) is 5.20. The Kier molecular flexibility index (Phi) is 6.82. The van der Waals surface area contributed by atoms with Crippen LogP contribution in [0.1, 0.15) is 46.5 Å². The van der Waals surface area contributed by atoms with Gasteiger partial charge in [0, 0.05) is 0 Å². The second-order valence-corrected chi connectivity index (χ2v) is 5.20. The van der Waals surface area contributed by atoms with E-state index in [1.54, 1.807) is 0 Å². The average Bonchev–Trinajstić information content (AvgIpc) is 2.25. The number of carbonyl (C=O) groups is 1. The van der Waals surface area contributed by atoms with Crippen molar-refractivity contribution in [3.63, 3.8) is 0 Å². The molecule has 4 nitrogen and oxygen atoms in total. The Morgan fingerprint density at radius 2 is 2.06 bits per heavy atom. The molecule has 1 atom stereocenters. The summed E-state index contributed by atoms with van der Waals surface area (Å²) in [5.74, 6) is -0.757. The number of likely N-dealkylation sites (N-methyl/N-ethyl adjacent to an activating group) is 1. The van der Waals surface area contributed by atoms with E-state index in [9.17, 15) is 4.79 Å². The number of nitriles is 1. The van der Waals surface area contributed by atoms with Crippen LogP contribution in [0.4, 0.5) is 0 Å². The lowest BCUT2D eigenvalue weighted by Gasteiger charge is -2.23. The summed E-state index contributed by atoms with van der Waals surface area (Å²) in [5.41, 5.74) is -0.268. The van der Waals surface area contributed by atoms with E-state index < -0.39 is 5.97 Å². The molecule has 0 spiro atoms. The van der Waals surface area contributed by atoms with Gasteiger partial charge in [0.05, 0.1) is 11.5 Å². The van der Waals surface area contributed by atoms with Crippen molar-refractivity contribution in [3.05, 3.63) is 0 Å². The topological polar surface area (TPSA) is 64.3 Å². The fraction of sp³-hybridized carbons (Fsp3) is 0.846. The quantitative estimate of drug-likeness (QED) is 0.662. The minimum absolute atomic E-state index is 0.268. The van der Waals surface area contributed by atoms with E-state index in [-0.39, 0.29) is 11.5 Å². The predicted molar refractivity (Wildman–Crippen MR) is 67.6 cm³/mol. The third kappa shape index (κ3) is 6.28. The maximum absolute atomic E-state index is 10.9. The second kappa shape index (κ2) is 7.29. The van der Waals surface area contributed by atoms with Gasteiger partial charge >= 0.3 is 5.97 Å². The Morgan fingerprint density at radius 1 is 1.47 bits per heavy atom. The van der Waals surface area contributed by atoms with Crippen LogP contribution in [0.5, 0.6) is 0 Å². The van der Waals surface area contributed by atoms with Crippen molar-refractivity contribution in [1.82, 2.24) is 4.90 Å². The molecule has 0 saturated carbocycles. The van der Waals surface area contributed by atoms with E-state index in [0.29, 0.717) is 6.42 Å². The highest BCUT2D eigenvalue weighted by molar-refractivity contribution is 5.73. The summed E-state index contributed by atoms with van der Waals surface area (Å²) in [6.07, 6.45) is 3.38. The van der Waals surface area contributed by atoms with Gasteiger partial charge in [-0.1, -0.05) is 13.3 Å². The van der Waals surface area contributed by atoms with E-state index in [0.717, 1.165) is 25.8 Å². The molecule has 17 heavy (non-hydrogen) atoms. The summed E-state index contributed by atoms with van der Waals surface area (Å²) >= 11 is 0. The van der Waals surface area contributed by atoms with Crippen LogP contribution in [-0.2, 0) is 4.79 Å². The minimum Gasteiger partial charge on any atom is -0.480 e. The van der Waals surface area contributed by atoms with Gasteiger partial charge in [-0.3, -0.25) is 9.69 Å². The van der Waals surface area contributed by atoms with Crippen LogP contribution in [0.25, 0.3) is 0 Å². The Bertz CT molecular complexity index is 282. The minimum atomic E-state index is -0.757. The molecule has 0 fully saturated rings. The first-order valence-electron chi connectivity index (χ1n) is 6.18. The molecule has 0 aromatic heterocycles. The average molecular weight is 240 g/mol. The van der Waals surface area contributed by atoms with Gasteiger partial charge in [-0.2, -0.15) is 5.26 Å². The standard InChI is InChI=1S/C13H24N2O2/c1-5-11(12(16)17)15(4)9-7-6-8-13(2,3)10-14/h11H,5-9H2,1-4H3,(H,16,17). The first kappa shape index (κ1) is 15.9. The lowest BCUT2D eigenvalue weighted by molar-refractivity contribution is -0.142. The van der Waals surface area contributed by atoms with Crippen LogP contribution in [0.2, 0.25) is 0 Å². The van der Waals surface area contributed by atoms with Crippen molar-refractivity contribution >= 4 is 5.97 Å². The van der Waals surface area contributed by atoms with Crippen LogP contribution < -0.4 is 0 Å². The van der Waals surface area contributed by atoms with Gasteiger partial charge in [-0.15, -0.1) is 0 Å². The molecule has 0 rings (SSSR count). The van der Waals surface area contributed by atoms with Gasteiger partial charge < -0.3 is 5.11 Å². The number of carboxylic acids is 1. The molecule has 0 heterocycles. The first-order chi connectivity index (χ1) is 7.84. The maximum Gasteiger partial charge on any atom is 0.320 e. The van der Waals surface area contributed by atoms with Crippen LogP contribution in [0.3, 0.4) is 0 Å². The molecular weight excluding hydrogens is 216 g/mol. The molecule has 0 saturated heterocycles. The summed E-state index contributed by atoms with van der Waals surface area (Å²) < 4.78 is 0. The Balaban J connectivity index is 3.90. The zero-order valence-corrected chi connectivity index (χ0v) is 11.4. The van der Waals surface area contributed by atoms with Gasteiger partial charge in [-0.05, 0) is 46.7 Å². The number of aliphatic carboxylic acids is 1. The van der Waals surface area contributed by atoms with Crippen molar-refractivity contribution in [2.45, 2.75) is 52.5 Å². The number of carboxylic acid groups (broad SMARTS) is 1. The molecule has 0 aliphatic rings. The van der Waals surface area contributed by atoms with E-state index in [2.05, 4.69) is 6.07 Å². The fourth-order valence-corrected chi connectivity index (χ4v) is 1.81. The summed E-state index contributed by atoms with van der Waals surface area (Å²) in [6, 6.07) is 1.88. The van der Waals surface area contributed by atoms with Crippen molar-refractivity contribution < 1.29 is 9.90 Å². The van der Waals surface area contributed by atoms with Gasteiger partial charge in [0.1, 0.15) is 6.04 Å².